The van der Waals surface area contributed by atoms with Gasteiger partial charge in [0.15, 0.2) is 0 Å². The normalized spacial score (nSPS) is 18.8. The molecule has 1 aliphatic carbocycles. The van der Waals surface area contributed by atoms with Gasteiger partial charge in [0.25, 0.3) is 0 Å². The van der Waals surface area contributed by atoms with Crippen molar-refractivity contribution in [3.63, 3.8) is 0 Å². The Bertz CT molecular complexity index is 834. The van der Waals surface area contributed by atoms with E-state index in [1.165, 1.54) is 6.92 Å². The van der Waals surface area contributed by atoms with Gasteiger partial charge >= 0.3 is 0 Å². The predicted octanol–water partition coefficient (Wildman–Crippen LogP) is 1.21. The molecule has 2 aliphatic rings. The SMILES string of the molecule is CC(=O)NC1=CC(C(=N)c2cc(C3=NCNN3)ccc2N)C=CC=C1. The Morgan fingerprint density at radius 1 is 1.40 bits per heavy atom. The van der Waals surface area contributed by atoms with Crippen molar-refractivity contribution >= 4 is 23.1 Å². The smallest absolute Gasteiger partial charge is 0.221 e. The van der Waals surface area contributed by atoms with Crippen molar-refractivity contribution in [2.75, 3.05) is 12.4 Å². The van der Waals surface area contributed by atoms with Crippen LogP contribution < -0.4 is 21.9 Å². The first kappa shape index (κ1) is 16.7. The fraction of sp³-hybridized carbons (Fsp3) is 0.167. The van der Waals surface area contributed by atoms with Crippen LogP contribution in [-0.4, -0.2) is 24.1 Å². The zero-order chi connectivity index (χ0) is 17.8. The number of hydrogen-bond donors (Lipinski definition) is 5. The maximum Gasteiger partial charge on any atom is 0.221 e. The molecule has 1 heterocycles. The number of aliphatic imine (C=N–C) groups is 1. The fourth-order valence-corrected chi connectivity index (χ4v) is 2.68. The molecule has 1 atom stereocenters. The molecule has 25 heavy (non-hydrogen) atoms. The summed E-state index contributed by atoms with van der Waals surface area (Å²) in [4.78, 5) is 15.6. The van der Waals surface area contributed by atoms with Gasteiger partial charge in [0.2, 0.25) is 5.91 Å². The van der Waals surface area contributed by atoms with Gasteiger partial charge in [-0.25, -0.2) is 10.4 Å². The molecule has 6 N–H and O–H groups in total. The van der Waals surface area contributed by atoms with Crippen molar-refractivity contribution in [3.05, 3.63) is 65.4 Å². The van der Waals surface area contributed by atoms with Crippen LogP contribution in [0.15, 0.2) is 59.3 Å². The fourth-order valence-electron chi connectivity index (χ4n) is 2.68. The summed E-state index contributed by atoms with van der Waals surface area (Å²) in [6.07, 6.45) is 9.22. The zero-order valence-corrected chi connectivity index (χ0v) is 13.8. The van der Waals surface area contributed by atoms with Crippen LogP contribution in [0.4, 0.5) is 5.69 Å². The standard InChI is InChI=1S/C18H20N6O/c1-11(25)23-14-5-3-2-4-12(8-14)17(20)15-9-13(6-7-16(15)19)18-21-10-22-24-18/h2-9,12,20,22H,10,19H2,1H3,(H,21,24)(H,23,25). The predicted molar refractivity (Wildman–Crippen MR) is 99.0 cm³/mol. The molecule has 3 rings (SSSR count). The van der Waals surface area contributed by atoms with Crippen molar-refractivity contribution < 1.29 is 4.79 Å². The van der Waals surface area contributed by atoms with E-state index in [0.717, 1.165) is 11.4 Å². The Morgan fingerprint density at radius 2 is 2.24 bits per heavy atom. The molecule has 0 saturated heterocycles. The Balaban J connectivity index is 1.91. The highest BCUT2D eigenvalue weighted by Crippen LogP contribution is 2.22. The number of nitrogens with two attached hydrogens (primary N) is 1. The second-order valence-corrected chi connectivity index (χ2v) is 5.76. The number of allylic oxidation sites excluding steroid dienone is 5. The Hall–Kier alpha value is -3.19. The largest absolute Gasteiger partial charge is 0.398 e. The van der Waals surface area contributed by atoms with Gasteiger partial charge in [-0.1, -0.05) is 18.2 Å². The maximum atomic E-state index is 11.3. The summed E-state index contributed by atoms with van der Waals surface area (Å²) in [5.74, 6) is 0.273. The third kappa shape index (κ3) is 3.84. The van der Waals surface area contributed by atoms with E-state index in [1.807, 2.05) is 36.4 Å². The molecule has 7 nitrogen and oxygen atoms in total. The number of carbonyl (C=O) groups excluding carboxylic acids is 1. The van der Waals surface area contributed by atoms with Gasteiger partial charge in [-0.2, -0.15) is 0 Å². The summed E-state index contributed by atoms with van der Waals surface area (Å²) < 4.78 is 0. The molecule has 0 radical (unpaired) electrons. The Morgan fingerprint density at radius 3 is 2.96 bits per heavy atom. The van der Waals surface area contributed by atoms with E-state index in [4.69, 9.17) is 11.1 Å². The summed E-state index contributed by atoms with van der Waals surface area (Å²) in [5, 5.41) is 11.4. The minimum absolute atomic E-state index is 0.151. The first-order valence-corrected chi connectivity index (χ1v) is 7.91. The molecule has 0 saturated carbocycles. The van der Waals surface area contributed by atoms with Crippen molar-refractivity contribution in [2.45, 2.75) is 6.92 Å². The lowest BCUT2D eigenvalue weighted by Crippen LogP contribution is -2.30. The van der Waals surface area contributed by atoms with E-state index in [-0.39, 0.29) is 11.8 Å². The number of amidine groups is 1. The van der Waals surface area contributed by atoms with Gasteiger partial charge in [0.1, 0.15) is 12.5 Å². The van der Waals surface area contributed by atoms with Crippen LogP contribution in [0.2, 0.25) is 0 Å². The minimum atomic E-state index is -0.300. The van der Waals surface area contributed by atoms with Crippen molar-refractivity contribution in [1.29, 1.82) is 5.41 Å². The van der Waals surface area contributed by atoms with Crippen molar-refractivity contribution in [2.24, 2.45) is 10.9 Å². The highest BCUT2D eigenvalue weighted by molar-refractivity contribution is 6.09. The zero-order valence-electron chi connectivity index (χ0n) is 13.8. The molecule has 1 unspecified atom stereocenters. The highest BCUT2D eigenvalue weighted by Gasteiger charge is 2.18. The molecule has 0 aromatic heterocycles. The number of benzene rings is 1. The highest BCUT2D eigenvalue weighted by atomic mass is 16.1. The molecule has 0 bridgehead atoms. The monoisotopic (exact) mass is 336 g/mol. The third-order valence-corrected chi connectivity index (χ3v) is 3.86. The number of nitrogen functional groups attached to an aromatic ring is 1. The average Bonchev–Trinajstić information content (AvgIpc) is 3.02. The maximum absolute atomic E-state index is 11.3. The van der Waals surface area contributed by atoms with Crippen molar-refractivity contribution in [3.8, 4) is 0 Å². The summed E-state index contributed by atoms with van der Waals surface area (Å²) in [7, 11) is 0. The molecular weight excluding hydrogens is 316 g/mol. The number of carbonyl (C=O) groups is 1. The molecule has 0 fully saturated rings. The number of amides is 1. The van der Waals surface area contributed by atoms with E-state index < -0.39 is 0 Å². The summed E-state index contributed by atoms with van der Waals surface area (Å²) >= 11 is 0. The summed E-state index contributed by atoms with van der Waals surface area (Å²) in [5.41, 5.74) is 15.1. The number of nitrogens with zero attached hydrogens (tertiary/aromatic N) is 1. The molecule has 0 spiro atoms. The molecule has 1 aromatic carbocycles. The van der Waals surface area contributed by atoms with Crippen LogP contribution in [0.1, 0.15) is 18.1 Å². The number of rotatable bonds is 4. The molecule has 128 valence electrons. The van der Waals surface area contributed by atoms with Crippen LogP contribution in [0.3, 0.4) is 0 Å². The lowest BCUT2D eigenvalue weighted by atomic mass is 9.93. The van der Waals surface area contributed by atoms with Gasteiger partial charge in [-0.15, -0.1) is 0 Å². The molecule has 1 aliphatic heterocycles. The van der Waals surface area contributed by atoms with Gasteiger partial charge in [-0.05, 0) is 30.4 Å². The summed E-state index contributed by atoms with van der Waals surface area (Å²) in [6, 6.07) is 5.50. The van der Waals surface area contributed by atoms with Gasteiger partial charge < -0.3 is 21.9 Å². The number of hydrazine groups is 1. The molecule has 7 heteroatoms. The number of nitrogens with one attached hydrogen (secondary N) is 4. The minimum Gasteiger partial charge on any atom is -0.398 e. The Labute approximate surface area is 145 Å². The van der Waals surface area contributed by atoms with Crippen molar-refractivity contribution in [1.82, 2.24) is 16.2 Å². The first-order valence-electron chi connectivity index (χ1n) is 7.91. The van der Waals surface area contributed by atoms with Crippen LogP contribution in [0.5, 0.6) is 0 Å². The third-order valence-electron chi connectivity index (χ3n) is 3.86. The topological polar surface area (TPSA) is 115 Å². The lowest BCUT2D eigenvalue weighted by Gasteiger charge is -2.15. The number of anilines is 1. The van der Waals surface area contributed by atoms with Crippen LogP contribution >= 0.6 is 0 Å². The van der Waals surface area contributed by atoms with Gasteiger partial charge in [0.05, 0.1) is 5.71 Å². The van der Waals surface area contributed by atoms with Crippen LogP contribution in [0, 0.1) is 11.3 Å². The van der Waals surface area contributed by atoms with E-state index in [1.54, 1.807) is 12.1 Å². The summed E-state index contributed by atoms with van der Waals surface area (Å²) in [6.45, 7) is 1.96. The number of hydrogen-bond acceptors (Lipinski definition) is 6. The molecule has 1 amide bonds. The van der Waals surface area contributed by atoms with Crippen LogP contribution in [0.25, 0.3) is 0 Å². The van der Waals surface area contributed by atoms with Gasteiger partial charge in [0, 0.05) is 35.4 Å². The van der Waals surface area contributed by atoms with E-state index in [9.17, 15) is 4.79 Å². The second-order valence-electron chi connectivity index (χ2n) is 5.76. The van der Waals surface area contributed by atoms with Gasteiger partial charge in [-0.3, -0.25) is 4.79 Å². The van der Waals surface area contributed by atoms with E-state index in [0.29, 0.717) is 29.3 Å². The Kier molecular flexibility index (Phi) is 4.76. The second kappa shape index (κ2) is 7.14. The lowest BCUT2D eigenvalue weighted by molar-refractivity contribution is -0.118. The van der Waals surface area contributed by atoms with Crippen LogP contribution in [-0.2, 0) is 4.79 Å². The molecule has 1 aromatic rings. The average molecular weight is 336 g/mol. The molecular formula is C18H20N6O. The quantitative estimate of drug-likeness (QED) is 0.420. The van der Waals surface area contributed by atoms with E-state index in [2.05, 4.69) is 21.2 Å². The first-order chi connectivity index (χ1) is 12.0. The van der Waals surface area contributed by atoms with E-state index >= 15 is 0 Å².